The normalized spacial score (nSPS) is 30.4. The first-order valence-electron chi connectivity index (χ1n) is 8.15. The van der Waals surface area contributed by atoms with Crippen LogP contribution in [-0.4, -0.2) is 24.6 Å². The Kier molecular flexibility index (Phi) is 4.32. The number of anilines is 1. The molecule has 0 radical (unpaired) electrons. The molecule has 2 aliphatic rings. The summed E-state index contributed by atoms with van der Waals surface area (Å²) in [6, 6.07) is 0.551. The Morgan fingerprint density at radius 1 is 1.30 bits per heavy atom. The maximum absolute atomic E-state index is 4.98. The minimum Gasteiger partial charge on any atom is -0.348 e. The molecule has 0 bridgehead atoms. The van der Waals surface area contributed by atoms with E-state index in [0.29, 0.717) is 6.04 Å². The Bertz CT molecular complexity index is 447. The molecule has 112 valence electrons. The lowest BCUT2D eigenvalue weighted by Gasteiger charge is -2.34. The van der Waals surface area contributed by atoms with Crippen molar-refractivity contribution in [1.82, 2.24) is 10.3 Å². The molecule has 0 spiro atoms. The molecule has 1 N–H and O–H groups in total. The Morgan fingerprint density at radius 3 is 2.75 bits per heavy atom. The third-order valence-corrected chi connectivity index (χ3v) is 5.80. The second-order valence-corrected chi connectivity index (χ2v) is 7.67. The van der Waals surface area contributed by atoms with Crippen LogP contribution in [0.1, 0.15) is 56.6 Å². The van der Waals surface area contributed by atoms with E-state index in [0.717, 1.165) is 18.4 Å². The number of aromatic nitrogens is 1. The fraction of sp³-hybridized carbons (Fsp3) is 0.812. The number of nitrogens with one attached hydrogen (secondary N) is 1. The highest BCUT2D eigenvalue weighted by molar-refractivity contribution is 7.15. The summed E-state index contributed by atoms with van der Waals surface area (Å²) in [4.78, 5) is 9.03. The van der Waals surface area contributed by atoms with E-state index in [4.69, 9.17) is 4.98 Å². The van der Waals surface area contributed by atoms with Crippen molar-refractivity contribution < 1.29 is 0 Å². The predicted octanol–water partition coefficient (Wildman–Crippen LogP) is 3.61. The molecule has 1 fully saturated rings. The molecule has 3 rings (SSSR count). The molecule has 3 atom stereocenters. The maximum Gasteiger partial charge on any atom is 0.185 e. The number of hydrogen-bond donors (Lipinski definition) is 1. The third kappa shape index (κ3) is 2.86. The lowest BCUT2D eigenvalue weighted by molar-refractivity contribution is 0.356. The molecule has 0 aromatic carbocycles. The molecule has 0 saturated carbocycles. The zero-order valence-electron chi connectivity index (χ0n) is 13.0. The molecular weight excluding hydrogens is 266 g/mol. The van der Waals surface area contributed by atoms with E-state index < -0.39 is 0 Å². The predicted molar refractivity (Wildman–Crippen MR) is 86.6 cm³/mol. The van der Waals surface area contributed by atoms with Crippen molar-refractivity contribution in [2.75, 3.05) is 24.5 Å². The van der Waals surface area contributed by atoms with Gasteiger partial charge in [-0.15, -0.1) is 0 Å². The van der Waals surface area contributed by atoms with Gasteiger partial charge in [0.2, 0.25) is 0 Å². The Morgan fingerprint density at radius 2 is 2.05 bits per heavy atom. The second-order valence-electron chi connectivity index (χ2n) is 6.66. The largest absolute Gasteiger partial charge is 0.348 e. The van der Waals surface area contributed by atoms with Gasteiger partial charge in [-0.05, 0) is 44.1 Å². The number of hydrogen-bond acceptors (Lipinski definition) is 4. The van der Waals surface area contributed by atoms with E-state index in [2.05, 4.69) is 31.0 Å². The van der Waals surface area contributed by atoms with E-state index in [1.807, 2.05) is 11.3 Å². The molecule has 4 heteroatoms. The van der Waals surface area contributed by atoms with E-state index >= 15 is 0 Å². The maximum atomic E-state index is 4.98. The summed E-state index contributed by atoms with van der Waals surface area (Å²) in [7, 11) is 0. The molecule has 20 heavy (non-hydrogen) atoms. The minimum atomic E-state index is 0.551. The SMILES string of the molecule is CCNC1CCCc2nc(N3CC(C)CC(C)C3)sc21. The van der Waals surface area contributed by atoms with E-state index in [9.17, 15) is 0 Å². The highest BCUT2D eigenvalue weighted by Crippen LogP contribution is 2.39. The zero-order valence-corrected chi connectivity index (χ0v) is 13.8. The number of piperidine rings is 1. The number of rotatable bonds is 3. The van der Waals surface area contributed by atoms with Crippen molar-refractivity contribution >= 4 is 16.5 Å². The smallest absolute Gasteiger partial charge is 0.185 e. The number of nitrogens with zero attached hydrogens (tertiary/aromatic N) is 2. The van der Waals surface area contributed by atoms with Crippen LogP contribution in [0.3, 0.4) is 0 Å². The Hall–Kier alpha value is -0.610. The van der Waals surface area contributed by atoms with E-state index in [1.165, 1.54) is 54.5 Å². The van der Waals surface area contributed by atoms with Gasteiger partial charge in [0.05, 0.1) is 5.69 Å². The van der Waals surface area contributed by atoms with Gasteiger partial charge in [-0.25, -0.2) is 4.98 Å². The highest BCUT2D eigenvalue weighted by atomic mass is 32.1. The first-order chi connectivity index (χ1) is 9.67. The molecule has 1 aliphatic carbocycles. The van der Waals surface area contributed by atoms with Crippen LogP contribution in [0.4, 0.5) is 5.13 Å². The quantitative estimate of drug-likeness (QED) is 0.922. The van der Waals surface area contributed by atoms with Gasteiger partial charge in [0.25, 0.3) is 0 Å². The number of aryl methyl sites for hydroxylation is 1. The second kappa shape index (κ2) is 6.02. The van der Waals surface area contributed by atoms with Gasteiger partial charge in [0.1, 0.15) is 0 Å². The molecule has 1 aromatic heterocycles. The molecule has 1 saturated heterocycles. The van der Waals surface area contributed by atoms with Crippen LogP contribution in [0.25, 0.3) is 0 Å². The van der Waals surface area contributed by atoms with E-state index in [-0.39, 0.29) is 0 Å². The standard InChI is InChI=1S/C16H27N3S/c1-4-17-13-6-5-7-14-15(13)20-16(18-14)19-9-11(2)8-12(3)10-19/h11-13,17H,4-10H2,1-3H3. The van der Waals surface area contributed by atoms with Gasteiger partial charge < -0.3 is 10.2 Å². The number of fused-ring (bicyclic) bond motifs is 1. The fourth-order valence-corrected chi connectivity index (χ4v) is 5.04. The van der Waals surface area contributed by atoms with Crippen molar-refractivity contribution in [3.8, 4) is 0 Å². The average Bonchev–Trinajstić information content (AvgIpc) is 2.83. The molecular formula is C16H27N3S. The Balaban J connectivity index is 1.81. The van der Waals surface area contributed by atoms with Crippen LogP contribution in [-0.2, 0) is 6.42 Å². The van der Waals surface area contributed by atoms with Gasteiger partial charge in [-0.3, -0.25) is 0 Å². The topological polar surface area (TPSA) is 28.2 Å². The summed E-state index contributed by atoms with van der Waals surface area (Å²) >= 11 is 1.95. The van der Waals surface area contributed by atoms with Crippen molar-refractivity contribution in [3.05, 3.63) is 10.6 Å². The van der Waals surface area contributed by atoms with Gasteiger partial charge in [0.15, 0.2) is 5.13 Å². The van der Waals surface area contributed by atoms with Crippen LogP contribution in [0, 0.1) is 11.8 Å². The van der Waals surface area contributed by atoms with E-state index in [1.54, 1.807) is 0 Å². The first kappa shape index (κ1) is 14.3. The van der Waals surface area contributed by atoms with Gasteiger partial charge in [-0.1, -0.05) is 32.1 Å². The lowest BCUT2D eigenvalue weighted by atomic mass is 9.92. The van der Waals surface area contributed by atoms with Gasteiger partial charge in [0, 0.05) is 24.0 Å². The first-order valence-corrected chi connectivity index (χ1v) is 8.97. The highest BCUT2D eigenvalue weighted by Gasteiger charge is 2.28. The molecule has 1 aromatic rings. The van der Waals surface area contributed by atoms with Crippen molar-refractivity contribution in [2.45, 2.75) is 52.5 Å². The van der Waals surface area contributed by atoms with Gasteiger partial charge >= 0.3 is 0 Å². The molecule has 0 amide bonds. The third-order valence-electron chi connectivity index (χ3n) is 4.53. The summed E-state index contributed by atoms with van der Waals surface area (Å²) in [6.45, 7) is 10.4. The van der Waals surface area contributed by atoms with Crippen molar-refractivity contribution in [2.24, 2.45) is 11.8 Å². The lowest BCUT2D eigenvalue weighted by Crippen LogP contribution is -2.38. The average molecular weight is 293 g/mol. The number of thiazole rings is 1. The van der Waals surface area contributed by atoms with Crippen molar-refractivity contribution in [3.63, 3.8) is 0 Å². The Labute approximate surface area is 126 Å². The monoisotopic (exact) mass is 293 g/mol. The summed E-state index contributed by atoms with van der Waals surface area (Å²) in [6.07, 6.45) is 5.09. The molecule has 1 aliphatic heterocycles. The van der Waals surface area contributed by atoms with Crippen LogP contribution < -0.4 is 10.2 Å². The van der Waals surface area contributed by atoms with Crippen LogP contribution in [0.2, 0.25) is 0 Å². The summed E-state index contributed by atoms with van der Waals surface area (Å²) < 4.78 is 0. The van der Waals surface area contributed by atoms with Crippen molar-refractivity contribution in [1.29, 1.82) is 0 Å². The minimum absolute atomic E-state index is 0.551. The van der Waals surface area contributed by atoms with Crippen LogP contribution in [0.5, 0.6) is 0 Å². The molecule has 3 unspecified atom stereocenters. The summed E-state index contributed by atoms with van der Waals surface area (Å²) in [5.74, 6) is 1.59. The fourth-order valence-electron chi connectivity index (χ4n) is 3.80. The summed E-state index contributed by atoms with van der Waals surface area (Å²) in [5.41, 5.74) is 1.37. The molecule has 3 nitrogen and oxygen atoms in total. The molecule has 2 heterocycles. The van der Waals surface area contributed by atoms with Gasteiger partial charge in [-0.2, -0.15) is 0 Å². The summed E-state index contributed by atoms with van der Waals surface area (Å²) in [5, 5.41) is 4.90. The van der Waals surface area contributed by atoms with Crippen LogP contribution in [0.15, 0.2) is 0 Å². The zero-order chi connectivity index (χ0) is 14.1. The van der Waals surface area contributed by atoms with Crippen LogP contribution >= 0.6 is 11.3 Å².